The van der Waals surface area contributed by atoms with E-state index in [0.717, 1.165) is 21.6 Å². The summed E-state index contributed by atoms with van der Waals surface area (Å²) in [5, 5.41) is 6.46. The summed E-state index contributed by atoms with van der Waals surface area (Å²) in [4.78, 5) is 25.9. The fraction of sp³-hybridized carbons (Fsp3) is 0.0952. The summed E-state index contributed by atoms with van der Waals surface area (Å²) in [5.74, 6) is -0.854. The highest BCUT2D eigenvalue weighted by atomic mass is 35.5. The number of hydrogen-bond acceptors (Lipinski definition) is 5. The molecule has 0 spiro atoms. The topological polar surface area (TPSA) is 61.2 Å². The van der Waals surface area contributed by atoms with E-state index in [1.807, 2.05) is 25.1 Å². The van der Waals surface area contributed by atoms with Crippen molar-refractivity contribution in [2.75, 3.05) is 6.61 Å². The average molecular weight is 445 g/mol. The van der Waals surface area contributed by atoms with E-state index in [9.17, 15) is 9.59 Å². The average Bonchev–Trinajstić information content (AvgIpc) is 3.28. The summed E-state index contributed by atoms with van der Waals surface area (Å²) >= 11 is 13.4. The van der Waals surface area contributed by atoms with Crippen molar-refractivity contribution in [1.29, 1.82) is 0 Å². The van der Waals surface area contributed by atoms with E-state index in [2.05, 4.69) is 5.10 Å². The zero-order chi connectivity index (χ0) is 20.5. The molecule has 4 rings (SSSR count). The molecule has 146 valence electrons. The number of carbonyl (C=O) groups excluding carboxylic acids is 2. The molecule has 0 aliphatic heterocycles. The number of rotatable bonds is 5. The number of hydrogen-bond donors (Lipinski definition) is 0. The van der Waals surface area contributed by atoms with Crippen molar-refractivity contribution in [1.82, 2.24) is 9.78 Å². The third-order valence-electron chi connectivity index (χ3n) is 4.33. The van der Waals surface area contributed by atoms with Gasteiger partial charge in [0.1, 0.15) is 9.71 Å². The van der Waals surface area contributed by atoms with Crippen LogP contribution in [-0.4, -0.2) is 28.1 Å². The normalized spacial score (nSPS) is 11.0. The van der Waals surface area contributed by atoms with E-state index in [0.29, 0.717) is 20.5 Å². The standard InChI is InChI=1S/C21H14Cl2N2O3S/c1-12-15-10-19(21(27)28-11-18(26)13-6-8-14(22)9-7-13)29-20(15)25(24-12)17-5-3-2-4-16(17)23/h2-10H,11H2,1H3. The molecular formula is C21H14Cl2N2O3S. The lowest BCUT2D eigenvalue weighted by molar-refractivity contribution is 0.0479. The van der Waals surface area contributed by atoms with E-state index in [1.165, 1.54) is 11.3 Å². The van der Waals surface area contributed by atoms with Crippen molar-refractivity contribution in [3.63, 3.8) is 0 Å². The Morgan fingerprint density at radius 1 is 1.10 bits per heavy atom. The van der Waals surface area contributed by atoms with Gasteiger partial charge in [0.2, 0.25) is 0 Å². The lowest BCUT2D eigenvalue weighted by atomic mass is 10.1. The molecule has 2 aromatic heterocycles. The molecule has 8 heteroatoms. The number of benzene rings is 2. The molecule has 2 heterocycles. The van der Waals surface area contributed by atoms with Crippen LogP contribution in [0.5, 0.6) is 0 Å². The molecule has 0 aliphatic carbocycles. The number of carbonyl (C=O) groups is 2. The largest absolute Gasteiger partial charge is 0.453 e. The Hall–Kier alpha value is -2.67. The van der Waals surface area contributed by atoms with Crippen LogP contribution in [0.1, 0.15) is 25.7 Å². The summed E-state index contributed by atoms with van der Waals surface area (Å²) in [6.45, 7) is 1.52. The predicted molar refractivity (Wildman–Crippen MR) is 115 cm³/mol. The number of thiophene rings is 1. The minimum atomic E-state index is -0.557. The first-order chi connectivity index (χ1) is 13.9. The fourth-order valence-electron chi connectivity index (χ4n) is 2.86. The van der Waals surface area contributed by atoms with Gasteiger partial charge in [-0.1, -0.05) is 35.3 Å². The van der Waals surface area contributed by atoms with Gasteiger partial charge in [0, 0.05) is 16.0 Å². The smallest absolute Gasteiger partial charge is 0.348 e. The van der Waals surface area contributed by atoms with Gasteiger partial charge in [-0.25, -0.2) is 9.48 Å². The minimum Gasteiger partial charge on any atom is -0.453 e. The summed E-state index contributed by atoms with van der Waals surface area (Å²) in [5.41, 5.74) is 1.93. The van der Waals surface area contributed by atoms with E-state index >= 15 is 0 Å². The predicted octanol–water partition coefficient (Wildman–Crippen LogP) is 5.74. The van der Waals surface area contributed by atoms with Gasteiger partial charge in [-0.15, -0.1) is 11.3 Å². The van der Waals surface area contributed by atoms with E-state index < -0.39 is 5.97 Å². The third kappa shape index (κ3) is 3.92. The second kappa shape index (κ2) is 7.99. The first kappa shape index (κ1) is 19.6. The minimum absolute atomic E-state index is 0.297. The van der Waals surface area contributed by atoms with Gasteiger partial charge in [-0.05, 0) is 49.4 Å². The maximum absolute atomic E-state index is 12.5. The van der Waals surface area contributed by atoms with Gasteiger partial charge in [-0.2, -0.15) is 5.10 Å². The molecule has 0 amide bonds. The van der Waals surface area contributed by atoms with Crippen molar-refractivity contribution >= 4 is 56.5 Å². The quantitative estimate of drug-likeness (QED) is 0.290. The Morgan fingerprint density at radius 3 is 2.55 bits per heavy atom. The van der Waals surface area contributed by atoms with Crippen LogP contribution in [-0.2, 0) is 4.74 Å². The van der Waals surface area contributed by atoms with Crippen LogP contribution >= 0.6 is 34.5 Å². The van der Waals surface area contributed by atoms with Crippen LogP contribution < -0.4 is 0 Å². The Bertz CT molecular complexity index is 1230. The monoisotopic (exact) mass is 444 g/mol. The van der Waals surface area contributed by atoms with Gasteiger partial charge in [0.15, 0.2) is 12.4 Å². The zero-order valence-corrected chi connectivity index (χ0v) is 17.5. The molecule has 29 heavy (non-hydrogen) atoms. The van der Waals surface area contributed by atoms with Crippen LogP contribution in [0.15, 0.2) is 54.6 Å². The number of esters is 1. The first-order valence-corrected chi connectivity index (χ1v) is 10.2. The molecule has 0 fully saturated rings. The molecule has 0 radical (unpaired) electrons. The van der Waals surface area contributed by atoms with E-state index in [4.69, 9.17) is 27.9 Å². The molecule has 0 aliphatic rings. The van der Waals surface area contributed by atoms with Gasteiger partial charge in [-0.3, -0.25) is 4.79 Å². The van der Waals surface area contributed by atoms with Gasteiger partial charge in [0.25, 0.3) is 0 Å². The van der Waals surface area contributed by atoms with Crippen molar-refractivity contribution < 1.29 is 14.3 Å². The van der Waals surface area contributed by atoms with Crippen LogP contribution in [0.3, 0.4) is 0 Å². The Morgan fingerprint density at radius 2 is 1.83 bits per heavy atom. The van der Waals surface area contributed by atoms with E-state index in [1.54, 1.807) is 41.1 Å². The third-order valence-corrected chi connectivity index (χ3v) is 5.99. The Kier molecular flexibility index (Phi) is 5.41. The molecule has 0 N–H and O–H groups in total. The number of ketones is 1. The van der Waals surface area contributed by atoms with Crippen molar-refractivity contribution in [3.05, 3.63) is 80.8 Å². The molecule has 0 bridgehead atoms. The molecule has 0 atom stereocenters. The van der Waals surface area contributed by atoms with Crippen LogP contribution in [0.25, 0.3) is 15.9 Å². The number of nitrogens with zero attached hydrogens (tertiary/aromatic N) is 2. The van der Waals surface area contributed by atoms with Crippen molar-refractivity contribution in [3.8, 4) is 5.69 Å². The first-order valence-electron chi connectivity index (χ1n) is 8.64. The molecule has 4 aromatic rings. The summed E-state index contributed by atoms with van der Waals surface area (Å²) in [6.07, 6.45) is 0. The molecule has 2 aromatic carbocycles. The van der Waals surface area contributed by atoms with Crippen LogP contribution in [0.2, 0.25) is 10.0 Å². The number of para-hydroxylation sites is 1. The maximum atomic E-state index is 12.5. The highest BCUT2D eigenvalue weighted by Crippen LogP contribution is 2.32. The van der Waals surface area contributed by atoms with Crippen molar-refractivity contribution in [2.45, 2.75) is 6.92 Å². The molecule has 5 nitrogen and oxygen atoms in total. The molecule has 0 saturated carbocycles. The number of Topliss-reactive ketones (excluding diaryl/α,β-unsaturated/α-hetero) is 1. The zero-order valence-electron chi connectivity index (χ0n) is 15.2. The lowest BCUT2D eigenvalue weighted by Gasteiger charge is -2.05. The van der Waals surface area contributed by atoms with Crippen LogP contribution in [0.4, 0.5) is 0 Å². The number of halogens is 2. The Balaban J connectivity index is 1.56. The number of fused-ring (bicyclic) bond motifs is 1. The van der Waals surface area contributed by atoms with Gasteiger partial charge < -0.3 is 4.74 Å². The summed E-state index contributed by atoms with van der Waals surface area (Å²) in [6, 6.07) is 15.5. The molecular weight excluding hydrogens is 431 g/mol. The van der Waals surface area contributed by atoms with Crippen LogP contribution in [0, 0.1) is 6.92 Å². The summed E-state index contributed by atoms with van der Waals surface area (Å²) in [7, 11) is 0. The molecule has 0 unspecified atom stereocenters. The number of aryl methyl sites for hydroxylation is 1. The fourth-order valence-corrected chi connectivity index (χ4v) is 4.27. The molecule has 0 saturated heterocycles. The maximum Gasteiger partial charge on any atom is 0.348 e. The van der Waals surface area contributed by atoms with Gasteiger partial charge >= 0.3 is 5.97 Å². The summed E-state index contributed by atoms with van der Waals surface area (Å²) < 4.78 is 6.93. The van der Waals surface area contributed by atoms with Crippen molar-refractivity contribution in [2.24, 2.45) is 0 Å². The second-order valence-corrected chi connectivity index (χ2v) is 8.16. The number of ether oxygens (including phenoxy) is 1. The lowest BCUT2D eigenvalue weighted by Crippen LogP contribution is -2.13. The van der Waals surface area contributed by atoms with E-state index in [-0.39, 0.29) is 12.4 Å². The van der Waals surface area contributed by atoms with Gasteiger partial charge in [0.05, 0.1) is 16.4 Å². The highest BCUT2D eigenvalue weighted by molar-refractivity contribution is 7.20. The highest BCUT2D eigenvalue weighted by Gasteiger charge is 2.20. The SMILES string of the molecule is Cc1nn(-c2ccccc2Cl)c2sc(C(=O)OCC(=O)c3ccc(Cl)cc3)cc12. The number of aromatic nitrogens is 2. The Labute approximate surface area is 180 Å². The second-order valence-electron chi connectivity index (χ2n) is 6.28.